The number of amides is 2. The van der Waals surface area contributed by atoms with E-state index in [1.807, 2.05) is 23.1 Å². The predicted molar refractivity (Wildman–Crippen MR) is 121 cm³/mol. The van der Waals surface area contributed by atoms with Crippen molar-refractivity contribution in [2.24, 2.45) is 5.92 Å². The molecule has 3 aromatic rings. The lowest BCUT2D eigenvalue weighted by molar-refractivity contribution is -0.135. The molecule has 2 amide bonds. The first kappa shape index (κ1) is 20.8. The molecule has 0 saturated carbocycles. The van der Waals surface area contributed by atoms with Crippen LogP contribution >= 0.6 is 11.6 Å². The SMILES string of the molecule is O=C(c1cc(-c2ccco2)n(-c2ccc(Cl)cc2)n1)N1CCC(C(=O)N2CCCC2)CC1. The van der Waals surface area contributed by atoms with E-state index in [0.29, 0.717) is 48.1 Å². The van der Waals surface area contributed by atoms with Crippen molar-refractivity contribution in [2.45, 2.75) is 25.7 Å². The number of halogens is 1. The van der Waals surface area contributed by atoms with Crippen LogP contribution in [0.25, 0.3) is 17.1 Å². The molecule has 2 saturated heterocycles. The molecule has 0 spiro atoms. The van der Waals surface area contributed by atoms with Gasteiger partial charge in [-0.3, -0.25) is 9.59 Å². The van der Waals surface area contributed by atoms with E-state index in [0.717, 1.165) is 31.6 Å². The van der Waals surface area contributed by atoms with Gasteiger partial charge in [-0.05, 0) is 62.1 Å². The molecule has 2 fully saturated rings. The van der Waals surface area contributed by atoms with Crippen LogP contribution in [0.1, 0.15) is 36.2 Å². The van der Waals surface area contributed by atoms with E-state index in [9.17, 15) is 9.59 Å². The topological polar surface area (TPSA) is 71.6 Å². The third-order valence-electron chi connectivity index (χ3n) is 6.32. The number of likely N-dealkylation sites (tertiary alicyclic amines) is 2. The number of piperidine rings is 1. The van der Waals surface area contributed by atoms with Crippen LogP contribution < -0.4 is 0 Å². The third-order valence-corrected chi connectivity index (χ3v) is 6.57. The number of carbonyl (C=O) groups is 2. The number of hydrogen-bond donors (Lipinski definition) is 0. The standard InChI is InChI=1S/C24H25ClN4O3/c25-18-5-7-19(8-6-18)29-21(22-4-3-15-32-22)16-20(26-29)24(31)28-13-9-17(10-14-28)23(30)27-11-1-2-12-27/h3-8,15-17H,1-2,9-14H2. The highest BCUT2D eigenvalue weighted by Crippen LogP contribution is 2.27. The summed E-state index contributed by atoms with van der Waals surface area (Å²) in [6, 6.07) is 12.7. The first-order valence-electron chi connectivity index (χ1n) is 11.1. The Hall–Kier alpha value is -3.06. The van der Waals surface area contributed by atoms with E-state index < -0.39 is 0 Å². The highest BCUT2D eigenvalue weighted by atomic mass is 35.5. The lowest BCUT2D eigenvalue weighted by Gasteiger charge is -2.32. The molecule has 2 aliphatic heterocycles. The molecule has 0 bridgehead atoms. The van der Waals surface area contributed by atoms with Gasteiger partial charge in [-0.25, -0.2) is 4.68 Å². The molecule has 4 heterocycles. The lowest BCUT2D eigenvalue weighted by Crippen LogP contribution is -2.43. The molecule has 1 aromatic carbocycles. The van der Waals surface area contributed by atoms with Gasteiger partial charge in [0.25, 0.3) is 5.91 Å². The summed E-state index contributed by atoms with van der Waals surface area (Å²) in [5.41, 5.74) is 1.84. The third kappa shape index (κ3) is 4.05. The van der Waals surface area contributed by atoms with E-state index in [1.165, 1.54) is 0 Å². The maximum Gasteiger partial charge on any atom is 0.274 e. The number of aromatic nitrogens is 2. The average Bonchev–Trinajstić information content (AvgIpc) is 3.60. The number of carbonyl (C=O) groups excluding carboxylic acids is 2. The fourth-order valence-electron chi connectivity index (χ4n) is 4.55. The van der Waals surface area contributed by atoms with Crippen LogP contribution in [0, 0.1) is 5.92 Å². The molecule has 0 unspecified atom stereocenters. The van der Waals surface area contributed by atoms with Gasteiger partial charge in [0.05, 0.1) is 12.0 Å². The number of rotatable bonds is 4. The van der Waals surface area contributed by atoms with Crippen molar-refractivity contribution < 1.29 is 14.0 Å². The average molecular weight is 453 g/mol. The summed E-state index contributed by atoms with van der Waals surface area (Å²) in [5.74, 6) is 0.767. The highest BCUT2D eigenvalue weighted by molar-refractivity contribution is 6.30. The van der Waals surface area contributed by atoms with Gasteiger partial charge in [-0.2, -0.15) is 5.10 Å². The normalized spacial score (nSPS) is 17.2. The summed E-state index contributed by atoms with van der Waals surface area (Å²) in [6.07, 6.45) is 5.18. The Labute approximate surface area is 191 Å². The van der Waals surface area contributed by atoms with E-state index in [2.05, 4.69) is 5.10 Å². The van der Waals surface area contributed by atoms with Gasteiger partial charge < -0.3 is 14.2 Å². The Morgan fingerprint density at radius 3 is 2.34 bits per heavy atom. The number of nitrogens with zero attached hydrogens (tertiary/aromatic N) is 4. The molecule has 0 atom stereocenters. The highest BCUT2D eigenvalue weighted by Gasteiger charge is 2.32. The van der Waals surface area contributed by atoms with Crippen molar-refractivity contribution in [3.63, 3.8) is 0 Å². The van der Waals surface area contributed by atoms with Crippen LogP contribution in [-0.4, -0.2) is 57.6 Å². The Morgan fingerprint density at radius 1 is 0.969 bits per heavy atom. The molecule has 5 rings (SSSR count). The lowest BCUT2D eigenvalue weighted by atomic mass is 9.95. The monoisotopic (exact) mass is 452 g/mol. The summed E-state index contributed by atoms with van der Waals surface area (Å²) >= 11 is 6.04. The smallest absolute Gasteiger partial charge is 0.274 e. The van der Waals surface area contributed by atoms with Gasteiger partial charge >= 0.3 is 0 Å². The number of hydrogen-bond acceptors (Lipinski definition) is 4. The molecule has 0 N–H and O–H groups in total. The Bertz CT molecular complexity index is 1090. The first-order chi connectivity index (χ1) is 15.6. The summed E-state index contributed by atoms with van der Waals surface area (Å²) < 4.78 is 7.28. The van der Waals surface area contributed by atoms with Crippen LogP contribution in [-0.2, 0) is 4.79 Å². The first-order valence-corrected chi connectivity index (χ1v) is 11.5. The second kappa shape index (κ2) is 8.82. The zero-order valence-electron chi connectivity index (χ0n) is 17.7. The molecule has 0 aliphatic carbocycles. The summed E-state index contributed by atoms with van der Waals surface area (Å²) in [6.45, 7) is 2.87. The van der Waals surface area contributed by atoms with Gasteiger partial charge in [-0.15, -0.1) is 0 Å². The molecule has 166 valence electrons. The minimum Gasteiger partial charge on any atom is -0.463 e. The summed E-state index contributed by atoms with van der Waals surface area (Å²) in [7, 11) is 0. The number of furan rings is 1. The molecule has 2 aliphatic rings. The maximum absolute atomic E-state index is 13.3. The van der Waals surface area contributed by atoms with Crippen LogP contribution in [0.2, 0.25) is 5.02 Å². The quantitative estimate of drug-likeness (QED) is 0.593. The minimum atomic E-state index is -0.127. The zero-order valence-corrected chi connectivity index (χ0v) is 18.5. The van der Waals surface area contributed by atoms with Gasteiger partial charge in [-0.1, -0.05) is 11.6 Å². The number of benzene rings is 1. The van der Waals surface area contributed by atoms with Gasteiger partial charge in [0, 0.05) is 43.2 Å². The predicted octanol–water partition coefficient (Wildman–Crippen LogP) is 4.26. The minimum absolute atomic E-state index is 0.0162. The van der Waals surface area contributed by atoms with E-state index >= 15 is 0 Å². The van der Waals surface area contributed by atoms with Crippen molar-refractivity contribution in [1.29, 1.82) is 0 Å². The second-order valence-electron chi connectivity index (χ2n) is 8.38. The van der Waals surface area contributed by atoms with Crippen LogP contribution in [0.3, 0.4) is 0 Å². The summed E-state index contributed by atoms with van der Waals surface area (Å²) in [5, 5.41) is 5.23. The van der Waals surface area contributed by atoms with Gasteiger partial charge in [0.15, 0.2) is 11.5 Å². The maximum atomic E-state index is 13.3. The van der Waals surface area contributed by atoms with Gasteiger partial charge in [0.1, 0.15) is 5.69 Å². The zero-order chi connectivity index (χ0) is 22.1. The largest absolute Gasteiger partial charge is 0.463 e. The Balaban J connectivity index is 1.34. The molecule has 7 nitrogen and oxygen atoms in total. The van der Waals surface area contributed by atoms with Crippen molar-refractivity contribution >= 4 is 23.4 Å². The van der Waals surface area contributed by atoms with Crippen molar-refractivity contribution in [1.82, 2.24) is 19.6 Å². The Morgan fingerprint density at radius 2 is 1.69 bits per heavy atom. The molecule has 2 aromatic heterocycles. The molecule has 32 heavy (non-hydrogen) atoms. The molecular weight excluding hydrogens is 428 g/mol. The van der Waals surface area contributed by atoms with Crippen molar-refractivity contribution in [3.8, 4) is 17.1 Å². The molecular formula is C24H25ClN4O3. The molecule has 0 radical (unpaired) electrons. The van der Waals surface area contributed by atoms with Crippen LogP contribution in [0.5, 0.6) is 0 Å². The fraction of sp³-hybridized carbons (Fsp3) is 0.375. The van der Waals surface area contributed by atoms with E-state index in [4.69, 9.17) is 16.0 Å². The Kier molecular flexibility index (Phi) is 5.74. The van der Waals surface area contributed by atoms with Gasteiger partial charge in [0.2, 0.25) is 5.91 Å². The summed E-state index contributed by atoms with van der Waals surface area (Å²) in [4.78, 5) is 29.7. The fourth-order valence-corrected chi connectivity index (χ4v) is 4.68. The van der Waals surface area contributed by atoms with Crippen LogP contribution in [0.4, 0.5) is 0 Å². The van der Waals surface area contributed by atoms with Crippen molar-refractivity contribution in [3.05, 3.63) is 59.4 Å². The van der Waals surface area contributed by atoms with Crippen molar-refractivity contribution in [2.75, 3.05) is 26.2 Å². The van der Waals surface area contributed by atoms with E-state index in [-0.39, 0.29) is 17.7 Å². The van der Waals surface area contributed by atoms with Crippen LogP contribution in [0.15, 0.2) is 53.1 Å². The second-order valence-corrected chi connectivity index (χ2v) is 8.82. The van der Waals surface area contributed by atoms with E-state index in [1.54, 1.807) is 40.1 Å². The molecule has 8 heteroatoms.